The van der Waals surface area contributed by atoms with Crippen molar-refractivity contribution in [2.24, 2.45) is 0 Å². The summed E-state index contributed by atoms with van der Waals surface area (Å²) < 4.78 is 26.5. The van der Waals surface area contributed by atoms with Gasteiger partial charge >= 0.3 is 5.97 Å². The molecule has 0 spiro atoms. The van der Waals surface area contributed by atoms with Crippen LogP contribution in [0.3, 0.4) is 0 Å². The third kappa shape index (κ3) is 4.69. The van der Waals surface area contributed by atoms with Gasteiger partial charge in [-0.25, -0.2) is 14.2 Å². The summed E-state index contributed by atoms with van der Waals surface area (Å²) in [7, 11) is 1.35. The summed E-state index contributed by atoms with van der Waals surface area (Å²) in [5.41, 5.74) is 0.525. The van der Waals surface area contributed by atoms with Crippen LogP contribution in [0.15, 0.2) is 41.1 Å². The largest absolute Gasteiger partial charge is 0.503 e. The van der Waals surface area contributed by atoms with E-state index in [0.29, 0.717) is 4.47 Å². The molecule has 0 bridgehead atoms. The van der Waals surface area contributed by atoms with Gasteiger partial charge in [0.1, 0.15) is 18.0 Å². The van der Waals surface area contributed by atoms with Crippen LogP contribution in [-0.2, 0) is 9.53 Å². The second-order valence-corrected chi connectivity index (χ2v) is 8.19. The molecular formula is C22H23BrFN3O5. The number of aromatic hydroxyl groups is 1. The number of ether oxygens (including phenoxy) is 2. The number of amides is 1. The summed E-state index contributed by atoms with van der Waals surface area (Å²) in [5, 5.41) is 13.3. The van der Waals surface area contributed by atoms with Crippen molar-refractivity contribution in [2.45, 2.75) is 39.0 Å². The SMILES string of the molecule is COc1ccnc(C(=O)N[C@@H](C)C(=O)OC(C)C(C)n2ccc3cc(F)c(Br)cc32)c1O. The van der Waals surface area contributed by atoms with E-state index in [2.05, 4.69) is 26.2 Å². The van der Waals surface area contributed by atoms with Gasteiger partial charge < -0.3 is 24.5 Å². The average molecular weight is 508 g/mol. The quantitative estimate of drug-likeness (QED) is 0.469. The molecule has 1 amide bonds. The zero-order valence-corrected chi connectivity index (χ0v) is 19.5. The Bertz CT molecular complexity index is 1170. The lowest BCUT2D eigenvalue weighted by molar-refractivity contribution is -0.151. The topological polar surface area (TPSA) is 103 Å². The van der Waals surface area contributed by atoms with Crippen LogP contribution in [0.5, 0.6) is 11.5 Å². The Kier molecular flexibility index (Phi) is 7.02. The first-order chi connectivity index (χ1) is 15.1. The van der Waals surface area contributed by atoms with Crippen molar-refractivity contribution in [3.63, 3.8) is 0 Å². The smallest absolute Gasteiger partial charge is 0.328 e. The van der Waals surface area contributed by atoms with E-state index < -0.39 is 29.8 Å². The Hall–Kier alpha value is -3.14. The van der Waals surface area contributed by atoms with Crippen molar-refractivity contribution >= 4 is 38.7 Å². The van der Waals surface area contributed by atoms with Crippen LogP contribution < -0.4 is 10.1 Å². The molecule has 0 saturated carbocycles. The first-order valence-electron chi connectivity index (χ1n) is 9.83. The fourth-order valence-electron chi connectivity index (χ4n) is 3.21. The van der Waals surface area contributed by atoms with Crippen LogP contribution in [0.4, 0.5) is 4.39 Å². The monoisotopic (exact) mass is 507 g/mol. The van der Waals surface area contributed by atoms with E-state index in [1.807, 2.05) is 11.5 Å². The summed E-state index contributed by atoms with van der Waals surface area (Å²) >= 11 is 3.19. The number of carbonyl (C=O) groups is 2. The van der Waals surface area contributed by atoms with Gasteiger partial charge in [0.2, 0.25) is 0 Å². The van der Waals surface area contributed by atoms with Gasteiger partial charge in [-0.15, -0.1) is 0 Å². The highest BCUT2D eigenvalue weighted by molar-refractivity contribution is 9.10. The number of carbonyl (C=O) groups excluding carboxylic acids is 2. The molecule has 0 aliphatic heterocycles. The number of pyridine rings is 1. The van der Waals surface area contributed by atoms with Crippen LogP contribution in [0.2, 0.25) is 0 Å². The molecular weight excluding hydrogens is 485 g/mol. The fourth-order valence-corrected chi connectivity index (χ4v) is 3.54. The summed E-state index contributed by atoms with van der Waals surface area (Å²) in [4.78, 5) is 28.8. The molecule has 170 valence electrons. The lowest BCUT2D eigenvalue weighted by Gasteiger charge is -2.24. The molecule has 3 aromatic rings. The summed E-state index contributed by atoms with van der Waals surface area (Å²) in [6.45, 7) is 5.08. The van der Waals surface area contributed by atoms with Gasteiger partial charge in [0.05, 0.1) is 17.6 Å². The third-order valence-electron chi connectivity index (χ3n) is 5.21. The van der Waals surface area contributed by atoms with Crippen LogP contribution in [0, 0.1) is 5.82 Å². The van der Waals surface area contributed by atoms with Crippen LogP contribution >= 0.6 is 15.9 Å². The Labute approximate surface area is 192 Å². The van der Waals surface area contributed by atoms with Crippen molar-refractivity contribution in [2.75, 3.05) is 7.11 Å². The molecule has 2 N–H and O–H groups in total. The molecule has 0 saturated heterocycles. The summed E-state index contributed by atoms with van der Waals surface area (Å²) in [6, 6.07) is 5.04. The maximum absolute atomic E-state index is 13.8. The number of methoxy groups -OCH3 is 1. The normalized spacial score (nSPS) is 13.9. The number of hydrogen-bond donors (Lipinski definition) is 2. The number of halogens is 2. The molecule has 0 fully saturated rings. The highest BCUT2D eigenvalue weighted by Gasteiger charge is 2.26. The maximum Gasteiger partial charge on any atom is 0.328 e. The van der Waals surface area contributed by atoms with Crippen molar-refractivity contribution in [3.05, 3.63) is 52.6 Å². The Balaban J connectivity index is 1.67. The number of fused-ring (bicyclic) bond motifs is 1. The van der Waals surface area contributed by atoms with Crippen LogP contribution in [0.25, 0.3) is 10.9 Å². The molecule has 3 rings (SSSR count). The second kappa shape index (κ2) is 9.56. The van der Waals surface area contributed by atoms with Gasteiger partial charge in [-0.2, -0.15) is 0 Å². The highest BCUT2D eigenvalue weighted by Crippen LogP contribution is 2.29. The third-order valence-corrected chi connectivity index (χ3v) is 5.81. The fraction of sp³-hybridized carbons (Fsp3) is 0.318. The van der Waals surface area contributed by atoms with Crippen LogP contribution in [-0.4, -0.2) is 45.8 Å². The Morgan fingerprint density at radius 2 is 1.97 bits per heavy atom. The molecule has 1 aromatic carbocycles. The molecule has 0 aliphatic carbocycles. The van der Waals surface area contributed by atoms with Crippen molar-refractivity contribution in [1.29, 1.82) is 0 Å². The van der Waals surface area contributed by atoms with Gasteiger partial charge in [-0.3, -0.25) is 4.79 Å². The minimum Gasteiger partial charge on any atom is -0.503 e. The summed E-state index contributed by atoms with van der Waals surface area (Å²) in [5.74, 6) is -2.08. The molecule has 2 unspecified atom stereocenters. The standard InChI is InChI=1S/C22H23BrFN3O5/c1-11(26-21(29)19-20(28)18(31-4)5-7-25-19)22(30)32-13(3)12(2)27-8-6-14-9-16(24)15(23)10-17(14)27/h5-13,28H,1-4H3,(H,26,29)/t11-,12?,13?/m0/s1. The van der Waals surface area contributed by atoms with Crippen molar-refractivity contribution in [1.82, 2.24) is 14.9 Å². The molecule has 8 nitrogen and oxygen atoms in total. The number of nitrogens with one attached hydrogen (secondary N) is 1. The lowest BCUT2D eigenvalue weighted by atomic mass is 10.2. The number of nitrogens with zero attached hydrogens (tertiary/aromatic N) is 2. The van der Waals surface area contributed by atoms with E-state index in [-0.39, 0.29) is 23.3 Å². The van der Waals surface area contributed by atoms with Gasteiger partial charge in [-0.1, -0.05) is 0 Å². The van der Waals surface area contributed by atoms with Crippen LogP contribution in [0.1, 0.15) is 37.3 Å². The minimum atomic E-state index is -0.991. The predicted molar refractivity (Wildman–Crippen MR) is 119 cm³/mol. The number of aromatic nitrogens is 2. The molecule has 2 aromatic heterocycles. The van der Waals surface area contributed by atoms with Gasteiger partial charge in [-0.05, 0) is 54.9 Å². The van der Waals surface area contributed by atoms with E-state index in [1.165, 1.54) is 32.4 Å². The Morgan fingerprint density at radius 1 is 1.25 bits per heavy atom. The highest BCUT2D eigenvalue weighted by atomic mass is 79.9. The Morgan fingerprint density at radius 3 is 2.66 bits per heavy atom. The zero-order chi connectivity index (χ0) is 23.6. The maximum atomic E-state index is 13.8. The van der Waals surface area contributed by atoms with Gasteiger partial charge in [0, 0.05) is 29.4 Å². The number of hydrogen-bond acceptors (Lipinski definition) is 6. The first kappa shape index (κ1) is 23.5. The average Bonchev–Trinajstić information content (AvgIpc) is 3.15. The van der Waals surface area contributed by atoms with E-state index in [4.69, 9.17) is 9.47 Å². The van der Waals surface area contributed by atoms with E-state index in [1.54, 1.807) is 25.3 Å². The second-order valence-electron chi connectivity index (χ2n) is 7.34. The number of rotatable bonds is 7. The van der Waals surface area contributed by atoms with Crippen molar-refractivity contribution in [3.8, 4) is 11.5 Å². The molecule has 2 heterocycles. The summed E-state index contributed by atoms with van der Waals surface area (Å²) in [6.07, 6.45) is 2.56. The molecule has 0 radical (unpaired) electrons. The van der Waals surface area contributed by atoms with Gasteiger partial charge in [0.25, 0.3) is 5.91 Å². The minimum absolute atomic E-state index is 0.0910. The molecule has 10 heteroatoms. The van der Waals surface area contributed by atoms with E-state index in [0.717, 1.165) is 10.9 Å². The predicted octanol–water partition coefficient (Wildman–Crippen LogP) is 3.96. The number of esters is 1. The molecule has 32 heavy (non-hydrogen) atoms. The zero-order valence-electron chi connectivity index (χ0n) is 17.9. The first-order valence-corrected chi connectivity index (χ1v) is 10.6. The number of benzene rings is 1. The lowest BCUT2D eigenvalue weighted by Crippen LogP contribution is -2.41. The molecule has 3 atom stereocenters. The van der Waals surface area contributed by atoms with E-state index in [9.17, 15) is 19.1 Å². The van der Waals surface area contributed by atoms with Gasteiger partial charge in [0.15, 0.2) is 17.2 Å². The molecule has 0 aliphatic rings. The van der Waals surface area contributed by atoms with E-state index >= 15 is 0 Å². The van der Waals surface area contributed by atoms with Crippen molar-refractivity contribution < 1.29 is 28.6 Å².